The molecule has 3 nitrogen and oxygen atoms in total. The summed E-state index contributed by atoms with van der Waals surface area (Å²) in [6.45, 7) is 0. The summed E-state index contributed by atoms with van der Waals surface area (Å²) < 4.78 is 0. The fraction of sp³-hybridized carbons (Fsp3) is 0.273. The second-order valence-corrected chi connectivity index (χ2v) is 3.28. The van der Waals surface area contributed by atoms with Gasteiger partial charge in [0.05, 0.1) is 0 Å². The lowest BCUT2D eigenvalue weighted by Gasteiger charge is -2.02. The number of pyridine rings is 1. The van der Waals surface area contributed by atoms with Gasteiger partial charge in [0.1, 0.15) is 0 Å². The van der Waals surface area contributed by atoms with Crippen molar-refractivity contribution in [3.8, 4) is 0 Å². The highest BCUT2D eigenvalue weighted by Gasteiger charge is 1.98. The van der Waals surface area contributed by atoms with Crippen molar-refractivity contribution >= 4 is 5.78 Å². The van der Waals surface area contributed by atoms with E-state index in [0.717, 1.165) is 5.56 Å². The molecule has 0 spiro atoms. The van der Waals surface area contributed by atoms with E-state index in [4.69, 9.17) is 0 Å². The van der Waals surface area contributed by atoms with E-state index < -0.39 is 0 Å². The molecule has 3 heteroatoms. The molecule has 0 aliphatic rings. The van der Waals surface area contributed by atoms with Gasteiger partial charge in [-0.15, -0.1) is 0 Å². The lowest BCUT2D eigenvalue weighted by atomic mass is 10.1. The third-order valence-electron chi connectivity index (χ3n) is 1.66. The molecule has 0 saturated carbocycles. The third-order valence-corrected chi connectivity index (χ3v) is 1.66. The highest BCUT2D eigenvalue weighted by Crippen LogP contribution is 1.98. The number of hydrogen-bond donors (Lipinski definition) is 0. The molecule has 0 atom stereocenters. The number of carbonyl (C=O) groups is 1. The van der Waals surface area contributed by atoms with Crippen LogP contribution in [0.2, 0.25) is 0 Å². The summed E-state index contributed by atoms with van der Waals surface area (Å²) in [6, 6.07) is 3.73. The molecule has 0 aliphatic carbocycles. The molecule has 1 aromatic rings. The molecule has 0 saturated heterocycles. The largest absolute Gasteiger partial charge is 0.383 e. The first-order valence-electron chi connectivity index (χ1n) is 4.45. The smallest absolute Gasteiger partial charge is 0.161 e. The third kappa shape index (κ3) is 3.85. The Bertz CT molecular complexity index is 317. The molecular formula is C11H14N2O. The van der Waals surface area contributed by atoms with Gasteiger partial charge in [0, 0.05) is 39.1 Å². The molecular weight excluding hydrogens is 176 g/mol. The van der Waals surface area contributed by atoms with Crippen LogP contribution >= 0.6 is 0 Å². The maximum absolute atomic E-state index is 11.4. The molecule has 74 valence electrons. The first kappa shape index (κ1) is 10.4. The topological polar surface area (TPSA) is 33.2 Å². The van der Waals surface area contributed by atoms with E-state index in [1.54, 1.807) is 24.7 Å². The minimum atomic E-state index is 0.0895. The second-order valence-electron chi connectivity index (χ2n) is 3.28. The first-order valence-corrected chi connectivity index (χ1v) is 4.45. The Balaban J connectivity index is 2.50. The minimum Gasteiger partial charge on any atom is -0.383 e. The zero-order chi connectivity index (χ0) is 10.4. The second kappa shape index (κ2) is 5.17. The Morgan fingerprint density at radius 1 is 1.57 bits per heavy atom. The van der Waals surface area contributed by atoms with E-state index in [0.29, 0.717) is 6.42 Å². The summed E-state index contributed by atoms with van der Waals surface area (Å²) in [6.07, 6.45) is 7.15. The van der Waals surface area contributed by atoms with E-state index in [1.165, 1.54) is 0 Å². The van der Waals surface area contributed by atoms with Crippen LogP contribution in [0.1, 0.15) is 5.56 Å². The van der Waals surface area contributed by atoms with Crippen molar-refractivity contribution in [2.75, 3.05) is 14.1 Å². The number of hydrogen-bond acceptors (Lipinski definition) is 3. The van der Waals surface area contributed by atoms with Crippen LogP contribution in [-0.4, -0.2) is 29.8 Å². The normalized spacial score (nSPS) is 10.4. The van der Waals surface area contributed by atoms with Crippen LogP contribution < -0.4 is 0 Å². The molecule has 1 aromatic heterocycles. The van der Waals surface area contributed by atoms with E-state index in [9.17, 15) is 4.79 Å². The van der Waals surface area contributed by atoms with E-state index >= 15 is 0 Å². The lowest BCUT2D eigenvalue weighted by molar-refractivity contribution is -0.114. The van der Waals surface area contributed by atoms with Gasteiger partial charge in [-0.25, -0.2) is 0 Å². The summed E-state index contributed by atoms with van der Waals surface area (Å²) >= 11 is 0. The van der Waals surface area contributed by atoms with Crippen LogP contribution in [0.25, 0.3) is 0 Å². The highest BCUT2D eigenvalue weighted by atomic mass is 16.1. The van der Waals surface area contributed by atoms with Crippen molar-refractivity contribution < 1.29 is 4.79 Å². The number of carbonyl (C=O) groups excluding carboxylic acids is 1. The molecule has 0 aromatic carbocycles. The van der Waals surface area contributed by atoms with Crippen molar-refractivity contribution in [1.82, 2.24) is 9.88 Å². The Morgan fingerprint density at radius 2 is 2.36 bits per heavy atom. The van der Waals surface area contributed by atoms with Gasteiger partial charge in [-0.05, 0) is 17.7 Å². The Hall–Kier alpha value is -1.64. The summed E-state index contributed by atoms with van der Waals surface area (Å²) in [7, 11) is 3.77. The quantitative estimate of drug-likeness (QED) is 0.670. The van der Waals surface area contributed by atoms with Crippen LogP contribution in [0, 0.1) is 0 Å². The van der Waals surface area contributed by atoms with Gasteiger partial charge in [0.2, 0.25) is 0 Å². The summed E-state index contributed by atoms with van der Waals surface area (Å²) in [5.74, 6) is 0.0895. The van der Waals surface area contributed by atoms with Crippen molar-refractivity contribution in [3.63, 3.8) is 0 Å². The summed E-state index contributed by atoms with van der Waals surface area (Å²) in [5.41, 5.74) is 0.945. The average Bonchev–Trinajstić information content (AvgIpc) is 2.16. The van der Waals surface area contributed by atoms with Crippen molar-refractivity contribution in [1.29, 1.82) is 0 Å². The molecule has 0 bridgehead atoms. The highest BCUT2D eigenvalue weighted by molar-refractivity contribution is 5.91. The molecule has 1 heterocycles. The zero-order valence-electron chi connectivity index (χ0n) is 8.47. The Kier molecular flexibility index (Phi) is 3.85. The number of allylic oxidation sites excluding steroid dienone is 1. The molecule has 0 amide bonds. The van der Waals surface area contributed by atoms with Crippen LogP contribution in [0.3, 0.4) is 0 Å². The number of nitrogens with zero attached hydrogens (tertiary/aromatic N) is 2. The standard InChI is InChI=1S/C11H14N2O/c1-13(2)7-5-11(14)8-10-4-3-6-12-9-10/h3-7,9H,8H2,1-2H3/b7-5+. The van der Waals surface area contributed by atoms with Crippen LogP contribution in [0.15, 0.2) is 36.8 Å². The van der Waals surface area contributed by atoms with Crippen LogP contribution in [0.5, 0.6) is 0 Å². The molecule has 1 rings (SSSR count). The monoisotopic (exact) mass is 190 g/mol. The van der Waals surface area contributed by atoms with Gasteiger partial charge >= 0.3 is 0 Å². The molecule has 14 heavy (non-hydrogen) atoms. The van der Waals surface area contributed by atoms with Crippen LogP contribution in [0.4, 0.5) is 0 Å². The van der Waals surface area contributed by atoms with Crippen molar-refractivity contribution in [3.05, 3.63) is 42.4 Å². The van der Waals surface area contributed by atoms with Crippen molar-refractivity contribution in [2.45, 2.75) is 6.42 Å². The maximum atomic E-state index is 11.4. The van der Waals surface area contributed by atoms with Gasteiger partial charge in [-0.2, -0.15) is 0 Å². The number of ketones is 1. The fourth-order valence-electron chi connectivity index (χ4n) is 0.995. The summed E-state index contributed by atoms with van der Waals surface area (Å²) in [4.78, 5) is 17.2. The van der Waals surface area contributed by atoms with Gasteiger partial charge in [-0.3, -0.25) is 9.78 Å². The molecule has 0 unspecified atom stereocenters. The first-order chi connectivity index (χ1) is 6.68. The van der Waals surface area contributed by atoms with Crippen LogP contribution in [-0.2, 0) is 11.2 Å². The van der Waals surface area contributed by atoms with E-state index in [2.05, 4.69) is 4.98 Å². The SMILES string of the molecule is CN(C)/C=C/C(=O)Cc1cccnc1. The van der Waals surface area contributed by atoms with Gasteiger partial charge in [-0.1, -0.05) is 6.07 Å². The van der Waals surface area contributed by atoms with Gasteiger partial charge < -0.3 is 4.90 Å². The summed E-state index contributed by atoms with van der Waals surface area (Å²) in [5, 5.41) is 0. The van der Waals surface area contributed by atoms with E-state index in [-0.39, 0.29) is 5.78 Å². The molecule has 0 N–H and O–H groups in total. The fourth-order valence-corrected chi connectivity index (χ4v) is 0.995. The molecule has 0 fully saturated rings. The minimum absolute atomic E-state index is 0.0895. The number of rotatable bonds is 4. The Morgan fingerprint density at radius 3 is 2.93 bits per heavy atom. The number of aromatic nitrogens is 1. The predicted octanol–water partition coefficient (Wildman–Crippen LogP) is 1.27. The molecule has 0 radical (unpaired) electrons. The van der Waals surface area contributed by atoms with E-state index in [1.807, 2.05) is 31.1 Å². The lowest BCUT2D eigenvalue weighted by Crippen LogP contribution is -2.04. The average molecular weight is 190 g/mol. The maximum Gasteiger partial charge on any atom is 0.161 e. The Labute approximate surface area is 84.1 Å². The van der Waals surface area contributed by atoms with Crippen molar-refractivity contribution in [2.24, 2.45) is 0 Å². The van der Waals surface area contributed by atoms with Gasteiger partial charge in [0.25, 0.3) is 0 Å². The zero-order valence-corrected chi connectivity index (χ0v) is 8.47. The predicted molar refractivity (Wildman–Crippen MR) is 55.8 cm³/mol. The van der Waals surface area contributed by atoms with Gasteiger partial charge in [0.15, 0.2) is 5.78 Å². The molecule has 0 aliphatic heterocycles.